The van der Waals surface area contributed by atoms with E-state index in [1.54, 1.807) is 0 Å². The van der Waals surface area contributed by atoms with E-state index in [0.717, 1.165) is 23.1 Å². The van der Waals surface area contributed by atoms with E-state index in [2.05, 4.69) is 21.6 Å². The van der Waals surface area contributed by atoms with Crippen LogP contribution in [-0.2, 0) is 4.79 Å². The molecule has 0 aliphatic carbocycles. The summed E-state index contributed by atoms with van der Waals surface area (Å²) in [5.41, 5.74) is 7.45. The third-order valence-corrected chi connectivity index (χ3v) is 4.05. The van der Waals surface area contributed by atoms with Gasteiger partial charge in [0.15, 0.2) is 5.65 Å². The van der Waals surface area contributed by atoms with Crippen molar-refractivity contribution < 1.29 is 4.79 Å². The number of rotatable bonds is 2. The number of hydrogen-bond acceptors (Lipinski definition) is 5. The summed E-state index contributed by atoms with van der Waals surface area (Å²) < 4.78 is 1.87. The van der Waals surface area contributed by atoms with Gasteiger partial charge in [0.2, 0.25) is 5.91 Å². The molecule has 2 aromatic heterocycles. The fourth-order valence-corrected chi connectivity index (χ4v) is 3.03. The first-order valence-electron chi connectivity index (χ1n) is 6.91. The second-order valence-corrected chi connectivity index (χ2v) is 5.42. The van der Waals surface area contributed by atoms with E-state index in [0.29, 0.717) is 12.4 Å². The van der Waals surface area contributed by atoms with E-state index < -0.39 is 0 Å². The standard InChI is InChI=1S/C14H18N6O/c1-4-11(21)19-6-10(5-8(19)2)20-14-12(9(3)18-20)13(15)16-7-17-14/h4,7-8,10H,1,5-6H2,2-3H3,(H2,15,16,17)/t8-,10-/m1/s1. The molecular weight excluding hydrogens is 268 g/mol. The average Bonchev–Trinajstić information content (AvgIpc) is 3.00. The lowest BCUT2D eigenvalue weighted by molar-refractivity contribution is -0.126. The van der Waals surface area contributed by atoms with Gasteiger partial charge in [-0.2, -0.15) is 5.10 Å². The summed E-state index contributed by atoms with van der Waals surface area (Å²) >= 11 is 0. The molecule has 0 saturated carbocycles. The second-order valence-electron chi connectivity index (χ2n) is 5.42. The second kappa shape index (κ2) is 4.83. The lowest BCUT2D eigenvalue weighted by Crippen LogP contribution is -2.32. The minimum atomic E-state index is -0.0488. The van der Waals surface area contributed by atoms with Gasteiger partial charge in [0.1, 0.15) is 12.1 Å². The normalized spacial score (nSPS) is 21.9. The van der Waals surface area contributed by atoms with Crippen LogP contribution in [0, 0.1) is 6.92 Å². The van der Waals surface area contributed by atoms with Crippen LogP contribution in [0.3, 0.4) is 0 Å². The molecule has 2 N–H and O–H groups in total. The van der Waals surface area contributed by atoms with Crippen LogP contribution in [0.25, 0.3) is 11.0 Å². The van der Waals surface area contributed by atoms with E-state index in [-0.39, 0.29) is 18.0 Å². The Bertz CT molecular complexity index is 722. The van der Waals surface area contributed by atoms with Gasteiger partial charge in [0.25, 0.3) is 0 Å². The van der Waals surface area contributed by atoms with Crippen LogP contribution in [0.15, 0.2) is 19.0 Å². The molecule has 1 aliphatic heterocycles. The summed E-state index contributed by atoms with van der Waals surface area (Å²) in [5, 5.41) is 5.35. The number of anilines is 1. The molecule has 3 heterocycles. The minimum absolute atomic E-state index is 0.0488. The molecule has 21 heavy (non-hydrogen) atoms. The Kier molecular flexibility index (Phi) is 3.12. The SMILES string of the molecule is C=CC(=O)N1C[C@H](n2nc(C)c3c(N)ncnc32)C[C@H]1C. The van der Waals surface area contributed by atoms with E-state index in [1.807, 2.05) is 23.4 Å². The zero-order valence-corrected chi connectivity index (χ0v) is 12.2. The third kappa shape index (κ3) is 2.05. The molecular formula is C14H18N6O. The summed E-state index contributed by atoms with van der Waals surface area (Å²) in [5.74, 6) is 0.390. The number of hydrogen-bond donors (Lipinski definition) is 1. The van der Waals surface area contributed by atoms with Crippen molar-refractivity contribution in [3.63, 3.8) is 0 Å². The molecule has 1 saturated heterocycles. The summed E-state index contributed by atoms with van der Waals surface area (Å²) in [6.45, 7) is 8.08. The molecule has 1 amide bonds. The Morgan fingerprint density at radius 1 is 1.52 bits per heavy atom. The number of aromatic nitrogens is 4. The van der Waals surface area contributed by atoms with Crippen molar-refractivity contribution in [2.45, 2.75) is 32.4 Å². The molecule has 2 atom stereocenters. The van der Waals surface area contributed by atoms with E-state index in [4.69, 9.17) is 5.73 Å². The smallest absolute Gasteiger partial charge is 0.246 e. The largest absolute Gasteiger partial charge is 0.383 e. The Hall–Kier alpha value is -2.44. The molecule has 7 nitrogen and oxygen atoms in total. The molecule has 3 rings (SSSR count). The molecule has 0 unspecified atom stereocenters. The molecule has 2 aromatic rings. The van der Waals surface area contributed by atoms with Crippen LogP contribution in [-0.4, -0.2) is 43.1 Å². The zero-order chi connectivity index (χ0) is 15.1. The molecule has 0 aromatic carbocycles. The Morgan fingerprint density at radius 2 is 2.29 bits per heavy atom. The van der Waals surface area contributed by atoms with Gasteiger partial charge in [0, 0.05) is 12.6 Å². The van der Waals surface area contributed by atoms with Gasteiger partial charge in [0.05, 0.1) is 17.1 Å². The van der Waals surface area contributed by atoms with Crippen molar-refractivity contribution in [1.29, 1.82) is 0 Å². The van der Waals surface area contributed by atoms with Crippen molar-refractivity contribution in [3.8, 4) is 0 Å². The average molecular weight is 286 g/mol. The molecule has 1 aliphatic rings. The maximum absolute atomic E-state index is 11.9. The quantitative estimate of drug-likeness (QED) is 0.834. The van der Waals surface area contributed by atoms with Gasteiger partial charge < -0.3 is 10.6 Å². The Morgan fingerprint density at radius 3 is 3.00 bits per heavy atom. The van der Waals surface area contributed by atoms with Gasteiger partial charge in [-0.3, -0.25) is 4.79 Å². The highest BCUT2D eigenvalue weighted by molar-refractivity contribution is 5.88. The summed E-state index contributed by atoms with van der Waals surface area (Å²) in [7, 11) is 0. The molecule has 7 heteroatoms. The monoisotopic (exact) mass is 286 g/mol. The van der Waals surface area contributed by atoms with Crippen molar-refractivity contribution >= 4 is 22.8 Å². The van der Waals surface area contributed by atoms with Gasteiger partial charge in [-0.05, 0) is 26.3 Å². The highest BCUT2D eigenvalue weighted by atomic mass is 16.2. The Labute approximate surface area is 122 Å². The maximum Gasteiger partial charge on any atom is 0.246 e. The molecule has 110 valence electrons. The fourth-order valence-electron chi connectivity index (χ4n) is 3.03. The predicted octanol–water partition coefficient (Wildman–Crippen LogP) is 1.06. The van der Waals surface area contributed by atoms with E-state index in [9.17, 15) is 4.79 Å². The van der Waals surface area contributed by atoms with Crippen molar-refractivity contribution in [3.05, 3.63) is 24.7 Å². The number of nitrogen functional groups attached to an aromatic ring is 1. The first kappa shape index (κ1) is 13.5. The Balaban J connectivity index is 2.01. The zero-order valence-electron chi connectivity index (χ0n) is 12.2. The van der Waals surface area contributed by atoms with Crippen molar-refractivity contribution in [2.75, 3.05) is 12.3 Å². The van der Waals surface area contributed by atoms with Gasteiger partial charge in [-0.1, -0.05) is 6.58 Å². The van der Waals surface area contributed by atoms with Crippen molar-refractivity contribution in [2.24, 2.45) is 0 Å². The van der Waals surface area contributed by atoms with Crippen LogP contribution in [0.1, 0.15) is 25.1 Å². The summed E-state index contributed by atoms with van der Waals surface area (Å²) in [6.07, 6.45) is 3.63. The highest BCUT2D eigenvalue weighted by Gasteiger charge is 2.34. The van der Waals surface area contributed by atoms with E-state index in [1.165, 1.54) is 12.4 Å². The molecule has 0 bridgehead atoms. The highest BCUT2D eigenvalue weighted by Crippen LogP contribution is 2.31. The lowest BCUT2D eigenvalue weighted by atomic mass is 10.2. The van der Waals surface area contributed by atoms with Gasteiger partial charge in [-0.25, -0.2) is 14.6 Å². The van der Waals surface area contributed by atoms with Crippen LogP contribution in [0.2, 0.25) is 0 Å². The summed E-state index contributed by atoms with van der Waals surface area (Å²) in [4.78, 5) is 22.0. The molecule has 0 radical (unpaired) electrons. The first-order valence-corrected chi connectivity index (χ1v) is 6.91. The number of nitrogens with two attached hydrogens (primary N) is 1. The number of fused-ring (bicyclic) bond motifs is 1. The maximum atomic E-state index is 11.9. The van der Waals surface area contributed by atoms with Crippen LogP contribution >= 0.6 is 0 Å². The molecule has 0 spiro atoms. The topological polar surface area (TPSA) is 89.9 Å². The van der Waals surface area contributed by atoms with Crippen LogP contribution < -0.4 is 5.73 Å². The number of amides is 1. The predicted molar refractivity (Wildman–Crippen MR) is 79.5 cm³/mol. The van der Waals surface area contributed by atoms with Crippen molar-refractivity contribution in [1.82, 2.24) is 24.6 Å². The minimum Gasteiger partial charge on any atom is -0.383 e. The number of carbonyl (C=O) groups excluding carboxylic acids is 1. The van der Waals surface area contributed by atoms with Gasteiger partial charge in [-0.15, -0.1) is 0 Å². The third-order valence-electron chi connectivity index (χ3n) is 4.05. The van der Waals surface area contributed by atoms with Crippen LogP contribution in [0.5, 0.6) is 0 Å². The number of nitrogens with zero attached hydrogens (tertiary/aromatic N) is 5. The molecule has 1 fully saturated rings. The first-order chi connectivity index (χ1) is 10.0. The number of likely N-dealkylation sites (tertiary alicyclic amines) is 1. The van der Waals surface area contributed by atoms with Crippen LogP contribution in [0.4, 0.5) is 5.82 Å². The fraction of sp³-hybridized carbons (Fsp3) is 0.429. The summed E-state index contributed by atoms with van der Waals surface area (Å²) in [6, 6.07) is 0.244. The van der Waals surface area contributed by atoms with Gasteiger partial charge >= 0.3 is 0 Å². The van der Waals surface area contributed by atoms with E-state index >= 15 is 0 Å². The lowest BCUT2D eigenvalue weighted by Gasteiger charge is -2.19. The number of carbonyl (C=O) groups is 1. The number of aryl methyl sites for hydroxylation is 1.